The van der Waals surface area contributed by atoms with Crippen LogP contribution in [-0.4, -0.2) is 13.4 Å². The van der Waals surface area contributed by atoms with Gasteiger partial charge in [-0.3, -0.25) is 0 Å². The van der Waals surface area contributed by atoms with E-state index in [2.05, 4.69) is 11.9 Å². The number of hydrogen-bond acceptors (Lipinski definition) is 1. The van der Waals surface area contributed by atoms with E-state index in [1.54, 1.807) is 0 Å². The second-order valence-corrected chi connectivity index (χ2v) is 10.1. The van der Waals surface area contributed by atoms with Crippen molar-refractivity contribution in [1.29, 1.82) is 0 Å². The highest BCUT2D eigenvalue weighted by molar-refractivity contribution is 7.44. The van der Waals surface area contributed by atoms with Gasteiger partial charge in [0.2, 0.25) is 0 Å². The van der Waals surface area contributed by atoms with E-state index in [4.69, 9.17) is 22.2 Å². The maximum Gasteiger partial charge on any atom is 0.325 e. The Labute approximate surface area is 85.3 Å². The van der Waals surface area contributed by atoms with Crippen molar-refractivity contribution in [3.63, 3.8) is 0 Å². The fourth-order valence-corrected chi connectivity index (χ4v) is 5.85. The SMILES string of the molecule is CCN[Si](Cl)(Cl)C1CCCCC1. The van der Waals surface area contributed by atoms with E-state index in [0.29, 0.717) is 5.54 Å². The van der Waals surface area contributed by atoms with Gasteiger partial charge in [0, 0.05) is 0 Å². The first-order chi connectivity index (χ1) is 5.67. The summed E-state index contributed by atoms with van der Waals surface area (Å²) in [6, 6.07) is 0. The summed E-state index contributed by atoms with van der Waals surface area (Å²) in [5.74, 6) is 0. The normalized spacial score (nSPS) is 21.2. The first kappa shape index (κ1) is 10.8. The Kier molecular flexibility index (Phi) is 4.37. The van der Waals surface area contributed by atoms with Crippen LogP contribution in [0, 0.1) is 0 Å². The number of rotatable bonds is 3. The first-order valence-corrected chi connectivity index (χ1v) is 8.89. The monoisotopic (exact) mass is 225 g/mol. The van der Waals surface area contributed by atoms with Gasteiger partial charge in [0.1, 0.15) is 0 Å². The van der Waals surface area contributed by atoms with Gasteiger partial charge in [-0.2, -0.15) is 0 Å². The number of nitrogens with one attached hydrogen (secondary N) is 1. The molecule has 1 fully saturated rings. The average Bonchev–Trinajstić information content (AvgIpc) is 2.06. The molecule has 0 spiro atoms. The van der Waals surface area contributed by atoms with Crippen molar-refractivity contribution in [3.8, 4) is 0 Å². The van der Waals surface area contributed by atoms with Crippen molar-refractivity contribution in [1.82, 2.24) is 4.98 Å². The molecule has 12 heavy (non-hydrogen) atoms. The summed E-state index contributed by atoms with van der Waals surface area (Å²) in [4.78, 5) is 3.26. The minimum absolute atomic E-state index is 0.578. The lowest BCUT2D eigenvalue weighted by molar-refractivity contribution is 0.494. The molecule has 0 atom stereocenters. The maximum atomic E-state index is 6.31. The zero-order valence-corrected chi connectivity index (χ0v) is 10.1. The average molecular weight is 226 g/mol. The van der Waals surface area contributed by atoms with Crippen LogP contribution in [0.25, 0.3) is 0 Å². The van der Waals surface area contributed by atoms with E-state index in [9.17, 15) is 0 Å². The highest BCUT2D eigenvalue weighted by Gasteiger charge is 2.38. The molecule has 0 bridgehead atoms. The van der Waals surface area contributed by atoms with E-state index < -0.39 is 6.86 Å². The molecule has 0 saturated heterocycles. The van der Waals surface area contributed by atoms with Crippen LogP contribution < -0.4 is 4.98 Å². The van der Waals surface area contributed by atoms with Crippen molar-refractivity contribution in [2.75, 3.05) is 6.54 Å². The molecular formula is C8H17Cl2NSi. The molecule has 0 amide bonds. The lowest BCUT2D eigenvalue weighted by atomic mass is 10.0. The molecule has 1 nitrogen and oxygen atoms in total. The smallest absolute Gasteiger partial charge is 0.314 e. The highest BCUT2D eigenvalue weighted by Crippen LogP contribution is 2.39. The van der Waals surface area contributed by atoms with Gasteiger partial charge in [-0.15, -0.1) is 22.2 Å². The Hall–Kier alpha value is 0.757. The quantitative estimate of drug-likeness (QED) is 0.574. The molecular weight excluding hydrogens is 209 g/mol. The lowest BCUT2D eigenvalue weighted by Crippen LogP contribution is -2.45. The highest BCUT2D eigenvalue weighted by atomic mass is 35.7. The van der Waals surface area contributed by atoms with Crippen LogP contribution in [0.1, 0.15) is 39.0 Å². The Morgan fingerprint density at radius 3 is 2.33 bits per heavy atom. The molecule has 0 aromatic rings. The van der Waals surface area contributed by atoms with Crippen LogP contribution in [0.5, 0.6) is 0 Å². The molecule has 0 aliphatic heterocycles. The molecule has 1 N–H and O–H groups in total. The van der Waals surface area contributed by atoms with E-state index in [-0.39, 0.29) is 0 Å². The van der Waals surface area contributed by atoms with Gasteiger partial charge in [0.15, 0.2) is 0 Å². The Morgan fingerprint density at radius 1 is 1.25 bits per heavy atom. The van der Waals surface area contributed by atoms with Crippen molar-refractivity contribution in [2.24, 2.45) is 0 Å². The molecule has 72 valence electrons. The fourth-order valence-electron chi connectivity index (χ4n) is 1.85. The van der Waals surface area contributed by atoms with E-state index >= 15 is 0 Å². The molecule has 0 aromatic heterocycles. The zero-order chi connectivity index (χ0) is 9.03. The summed E-state index contributed by atoms with van der Waals surface area (Å²) in [6.07, 6.45) is 6.44. The maximum absolute atomic E-state index is 6.31. The van der Waals surface area contributed by atoms with Crippen molar-refractivity contribution >= 4 is 29.0 Å². The topological polar surface area (TPSA) is 12.0 Å². The van der Waals surface area contributed by atoms with Crippen molar-refractivity contribution < 1.29 is 0 Å². The zero-order valence-electron chi connectivity index (χ0n) is 7.58. The van der Waals surface area contributed by atoms with Crippen LogP contribution >= 0.6 is 22.2 Å². The third kappa shape index (κ3) is 2.91. The van der Waals surface area contributed by atoms with Gasteiger partial charge < -0.3 is 4.98 Å². The predicted molar refractivity (Wildman–Crippen MR) is 58.0 cm³/mol. The van der Waals surface area contributed by atoms with Crippen LogP contribution in [-0.2, 0) is 0 Å². The first-order valence-electron chi connectivity index (χ1n) is 4.79. The van der Waals surface area contributed by atoms with Gasteiger partial charge in [-0.1, -0.05) is 26.2 Å². The lowest BCUT2D eigenvalue weighted by Gasteiger charge is -2.30. The van der Waals surface area contributed by atoms with E-state index in [1.807, 2.05) is 0 Å². The summed E-state index contributed by atoms with van der Waals surface area (Å²) in [5.41, 5.74) is 0.578. The Balaban J connectivity index is 2.41. The number of halogens is 2. The van der Waals surface area contributed by atoms with Crippen molar-refractivity contribution in [3.05, 3.63) is 0 Å². The molecule has 0 unspecified atom stereocenters. The molecule has 1 saturated carbocycles. The third-order valence-corrected chi connectivity index (χ3v) is 7.61. The summed E-state index contributed by atoms with van der Waals surface area (Å²) in [5, 5.41) is 0. The Bertz CT molecular complexity index is 135. The fraction of sp³-hybridized carbons (Fsp3) is 1.00. The second-order valence-electron chi connectivity index (χ2n) is 3.49. The largest absolute Gasteiger partial charge is 0.325 e. The summed E-state index contributed by atoms with van der Waals surface area (Å²) in [7, 11) is 0. The third-order valence-electron chi connectivity index (χ3n) is 2.53. The van der Waals surface area contributed by atoms with Crippen LogP contribution in [0.3, 0.4) is 0 Å². The minimum atomic E-state index is -2.11. The van der Waals surface area contributed by atoms with Crippen LogP contribution in [0.2, 0.25) is 5.54 Å². The summed E-state index contributed by atoms with van der Waals surface area (Å²) >= 11 is 12.6. The molecule has 1 aliphatic rings. The van der Waals surface area contributed by atoms with Crippen LogP contribution in [0.4, 0.5) is 0 Å². The molecule has 0 radical (unpaired) electrons. The molecule has 1 rings (SSSR count). The predicted octanol–water partition coefficient (Wildman–Crippen LogP) is 3.35. The number of hydrogen-bond donors (Lipinski definition) is 1. The molecule has 0 heterocycles. The van der Waals surface area contributed by atoms with E-state index in [0.717, 1.165) is 6.54 Å². The summed E-state index contributed by atoms with van der Waals surface area (Å²) < 4.78 is 0. The molecule has 4 heteroatoms. The second kappa shape index (κ2) is 4.84. The molecule has 1 aliphatic carbocycles. The van der Waals surface area contributed by atoms with E-state index in [1.165, 1.54) is 32.1 Å². The standard InChI is InChI=1S/C8H17Cl2NSi/c1-2-11-12(9,10)8-6-4-3-5-7-8/h8,11H,2-7H2,1H3. The van der Waals surface area contributed by atoms with Crippen LogP contribution in [0.15, 0.2) is 0 Å². The Morgan fingerprint density at radius 2 is 1.83 bits per heavy atom. The minimum Gasteiger partial charge on any atom is -0.314 e. The van der Waals surface area contributed by atoms with Crippen molar-refractivity contribution in [2.45, 2.75) is 44.6 Å². The van der Waals surface area contributed by atoms with Gasteiger partial charge in [0.25, 0.3) is 0 Å². The van der Waals surface area contributed by atoms with Gasteiger partial charge >= 0.3 is 6.86 Å². The summed E-state index contributed by atoms with van der Waals surface area (Å²) in [6.45, 7) is 0.855. The van der Waals surface area contributed by atoms with Gasteiger partial charge in [-0.05, 0) is 24.9 Å². The van der Waals surface area contributed by atoms with Gasteiger partial charge in [0.05, 0.1) is 0 Å². The van der Waals surface area contributed by atoms with Gasteiger partial charge in [-0.25, -0.2) is 0 Å². The molecule has 0 aromatic carbocycles.